The molecule has 5 heteroatoms. The lowest BCUT2D eigenvalue weighted by Gasteiger charge is -2.38. The molecule has 1 aliphatic heterocycles. The molecule has 1 fully saturated rings. The van der Waals surface area contributed by atoms with Gasteiger partial charge in [-0.15, -0.1) is 0 Å². The van der Waals surface area contributed by atoms with Crippen molar-refractivity contribution in [1.82, 2.24) is 15.1 Å². The molecular weight excluding hydrogens is 242 g/mol. The van der Waals surface area contributed by atoms with Crippen molar-refractivity contribution in [2.24, 2.45) is 0 Å². The fourth-order valence-corrected chi connectivity index (χ4v) is 2.28. The molecule has 0 aliphatic carbocycles. The van der Waals surface area contributed by atoms with Crippen molar-refractivity contribution in [3.8, 4) is 0 Å². The Morgan fingerprint density at radius 2 is 1.95 bits per heavy atom. The molecule has 1 saturated heterocycles. The number of nitrogens with zero attached hydrogens (tertiary/aromatic N) is 2. The minimum Gasteiger partial charge on any atom is -0.444 e. The third-order valence-electron chi connectivity index (χ3n) is 3.36. The summed E-state index contributed by atoms with van der Waals surface area (Å²) in [6, 6.07) is 0.305. The molecule has 0 aromatic heterocycles. The Labute approximate surface area is 117 Å². The van der Waals surface area contributed by atoms with Gasteiger partial charge in [-0.3, -0.25) is 0 Å². The van der Waals surface area contributed by atoms with Gasteiger partial charge < -0.3 is 19.9 Å². The van der Waals surface area contributed by atoms with E-state index in [0.29, 0.717) is 12.6 Å². The third kappa shape index (κ3) is 5.78. The number of hydrogen-bond donors (Lipinski definition) is 1. The second-order valence-corrected chi connectivity index (χ2v) is 6.31. The van der Waals surface area contributed by atoms with Gasteiger partial charge in [0.15, 0.2) is 0 Å². The van der Waals surface area contributed by atoms with Gasteiger partial charge in [-0.2, -0.15) is 0 Å². The standard InChI is InChI=1S/C14H29N3O2/c1-14(2,3)19-13(18)17(11-8-15-4)12-6-9-16(5)10-7-12/h12,15H,6-11H2,1-5H3. The molecule has 0 bridgehead atoms. The van der Waals surface area contributed by atoms with Gasteiger partial charge in [0.2, 0.25) is 0 Å². The van der Waals surface area contributed by atoms with Crippen LogP contribution in [0.25, 0.3) is 0 Å². The molecule has 112 valence electrons. The highest BCUT2D eigenvalue weighted by Crippen LogP contribution is 2.18. The number of hydrogen-bond acceptors (Lipinski definition) is 4. The zero-order valence-electron chi connectivity index (χ0n) is 13.0. The molecule has 19 heavy (non-hydrogen) atoms. The quantitative estimate of drug-likeness (QED) is 0.842. The normalized spacial score (nSPS) is 18.4. The number of ether oxygens (including phenoxy) is 1. The van der Waals surface area contributed by atoms with Crippen molar-refractivity contribution in [3.05, 3.63) is 0 Å². The van der Waals surface area contributed by atoms with Crippen molar-refractivity contribution in [3.63, 3.8) is 0 Å². The summed E-state index contributed by atoms with van der Waals surface area (Å²) in [5, 5.41) is 3.10. The highest BCUT2D eigenvalue weighted by Gasteiger charge is 2.29. The first kappa shape index (κ1) is 16.2. The Kier molecular flexibility index (Phi) is 6.07. The molecule has 5 nitrogen and oxygen atoms in total. The molecule has 0 unspecified atom stereocenters. The van der Waals surface area contributed by atoms with Crippen LogP contribution in [0.2, 0.25) is 0 Å². The van der Waals surface area contributed by atoms with Gasteiger partial charge in [0.25, 0.3) is 0 Å². The summed E-state index contributed by atoms with van der Waals surface area (Å²) in [5.41, 5.74) is -0.430. The minimum atomic E-state index is -0.430. The smallest absolute Gasteiger partial charge is 0.410 e. The summed E-state index contributed by atoms with van der Waals surface area (Å²) in [6.45, 7) is 9.33. The van der Waals surface area contributed by atoms with Crippen molar-refractivity contribution in [1.29, 1.82) is 0 Å². The SMILES string of the molecule is CNCCN(C(=O)OC(C)(C)C)C1CCN(C)CC1. The van der Waals surface area contributed by atoms with Crippen molar-refractivity contribution in [2.45, 2.75) is 45.3 Å². The molecule has 0 radical (unpaired) electrons. The van der Waals surface area contributed by atoms with Crippen LogP contribution in [0.3, 0.4) is 0 Å². The van der Waals surface area contributed by atoms with Crippen molar-refractivity contribution in [2.75, 3.05) is 40.3 Å². The number of likely N-dealkylation sites (tertiary alicyclic amines) is 1. The highest BCUT2D eigenvalue weighted by molar-refractivity contribution is 5.68. The molecule has 1 N–H and O–H groups in total. The maximum absolute atomic E-state index is 12.3. The average Bonchev–Trinajstić information content (AvgIpc) is 2.29. The molecule has 0 aromatic carbocycles. The third-order valence-corrected chi connectivity index (χ3v) is 3.36. The van der Waals surface area contributed by atoms with Gasteiger partial charge in [-0.05, 0) is 60.8 Å². The summed E-state index contributed by atoms with van der Waals surface area (Å²) in [4.78, 5) is 16.5. The number of rotatable bonds is 4. The van der Waals surface area contributed by atoms with Crippen LogP contribution in [0.5, 0.6) is 0 Å². The fourth-order valence-electron chi connectivity index (χ4n) is 2.28. The van der Waals surface area contributed by atoms with E-state index in [1.165, 1.54) is 0 Å². The second kappa shape index (κ2) is 7.10. The van der Waals surface area contributed by atoms with E-state index in [9.17, 15) is 4.79 Å². The molecule has 1 heterocycles. The lowest BCUT2D eigenvalue weighted by molar-refractivity contribution is 0.00966. The molecule has 0 saturated carbocycles. The maximum atomic E-state index is 12.3. The molecule has 1 amide bonds. The fraction of sp³-hybridized carbons (Fsp3) is 0.929. The van der Waals surface area contributed by atoms with Crippen LogP contribution in [0.15, 0.2) is 0 Å². The molecule has 1 rings (SSSR count). The number of amides is 1. The summed E-state index contributed by atoms with van der Waals surface area (Å²) >= 11 is 0. The molecule has 0 atom stereocenters. The molecule has 1 aliphatic rings. The minimum absolute atomic E-state index is 0.183. The van der Waals surface area contributed by atoms with E-state index in [2.05, 4.69) is 17.3 Å². The summed E-state index contributed by atoms with van der Waals surface area (Å²) in [7, 11) is 4.03. The van der Waals surface area contributed by atoms with Crippen molar-refractivity contribution < 1.29 is 9.53 Å². The number of carbonyl (C=O) groups excluding carboxylic acids is 1. The van der Waals surface area contributed by atoms with Gasteiger partial charge in [0.05, 0.1) is 0 Å². The number of piperidine rings is 1. The van der Waals surface area contributed by atoms with E-state index < -0.39 is 5.60 Å². The molecular formula is C14H29N3O2. The number of nitrogens with one attached hydrogen (secondary N) is 1. The summed E-state index contributed by atoms with van der Waals surface area (Å²) in [5.74, 6) is 0. The average molecular weight is 271 g/mol. The molecule has 0 spiro atoms. The topological polar surface area (TPSA) is 44.8 Å². The van der Waals surface area contributed by atoms with Gasteiger partial charge in [-0.25, -0.2) is 4.79 Å². The van der Waals surface area contributed by atoms with Crippen LogP contribution in [-0.2, 0) is 4.74 Å². The lowest BCUT2D eigenvalue weighted by atomic mass is 10.0. The van der Waals surface area contributed by atoms with Crippen LogP contribution < -0.4 is 5.32 Å². The van der Waals surface area contributed by atoms with Crippen LogP contribution >= 0.6 is 0 Å². The van der Waals surface area contributed by atoms with Crippen LogP contribution in [0.1, 0.15) is 33.6 Å². The largest absolute Gasteiger partial charge is 0.444 e. The van der Waals surface area contributed by atoms with Gasteiger partial charge in [-0.1, -0.05) is 0 Å². The predicted molar refractivity (Wildman–Crippen MR) is 77.4 cm³/mol. The highest BCUT2D eigenvalue weighted by atomic mass is 16.6. The Hall–Kier alpha value is -0.810. The van der Waals surface area contributed by atoms with E-state index in [1.54, 1.807) is 0 Å². The Bertz CT molecular complexity index is 281. The van der Waals surface area contributed by atoms with Crippen molar-refractivity contribution >= 4 is 6.09 Å². The van der Waals surface area contributed by atoms with E-state index in [4.69, 9.17) is 4.74 Å². The maximum Gasteiger partial charge on any atom is 0.410 e. The first-order valence-electron chi connectivity index (χ1n) is 7.16. The zero-order chi connectivity index (χ0) is 14.5. The van der Waals surface area contributed by atoms with E-state index in [1.807, 2.05) is 32.7 Å². The monoisotopic (exact) mass is 271 g/mol. The zero-order valence-corrected chi connectivity index (χ0v) is 13.0. The summed E-state index contributed by atoms with van der Waals surface area (Å²) < 4.78 is 5.52. The first-order valence-corrected chi connectivity index (χ1v) is 7.16. The lowest BCUT2D eigenvalue weighted by Crippen LogP contribution is -2.50. The van der Waals surface area contributed by atoms with Gasteiger partial charge in [0.1, 0.15) is 5.60 Å². The second-order valence-electron chi connectivity index (χ2n) is 6.31. The number of carbonyl (C=O) groups is 1. The van der Waals surface area contributed by atoms with Gasteiger partial charge >= 0.3 is 6.09 Å². The van der Waals surface area contributed by atoms with Crippen LogP contribution in [0, 0.1) is 0 Å². The Morgan fingerprint density at radius 1 is 1.37 bits per heavy atom. The van der Waals surface area contributed by atoms with Crippen LogP contribution in [0.4, 0.5) is 4.79 Å². The Morgan fingerprint density at radius 3 is 2.42 bits per heavy atom. The van der Waals surface area contributed by atoms with Gasteiger partial charge in [0, 0.05) is 19.1 Å². The van der Waals surface area contributed by atoms with E-state index in [-0.39, 0.29) is 6.09 Å². The van der Waals surface area contributed by atoms with E-state index >= 15 is 0 Å². The summed E-state index contributed by atoms with van der Waals surface area (Å²) in [6.07, 6.45) is 1.87. The predicted octanol–water partition coefficient (Wildman–Crippen LogP) is 1.54. The number of likely N-dealkylation sites (N-methyl/N-ethyl adjacent to an activating group) is 1. The van der Waals surface area contributed by atoms with Crippen LogP contribution in [-0.4, -0.2) is 67.8 Å². The van der Waals surface area contributed by atoms with E-state index in [0.717, 1.165) is 32.5 Å². The molecule has 0 aromatic rings. The first-order chi connectivity index (χ1) is 8.83. The Balaban J connectivity index is 2.62.